The number of H-pyrrole nitrogens is 1. The summed E-state index contributed by atoms with van der Waals surface area (Å²) >= 11 is 1.23. The van der Waals surface area contributed by atoms with E-state index >= 15 is 0 Å². The van der Waals surface area contributed by atoms with Gasteiger partial charge in [-0.2, -0.15) is 0 Å². The van der Waals surface area contributed by atoms with Crippen LogP contribution in [-0.4, -0.2) is 68.1 Å². The normalized spacial score (nSPS) is 18.2. The molecule has 4 aromatic rings. The number of rotatable bonds is 4. The summed E-state index contributed by atoms with van der Waals surface area (Å²) in [7, 11) is 0. The lowest BCUT2D eigenvalue weighted by Gasteiger charge is -2.25. The molecule has 0 spiro atoms. The maximum atomic E-state index is 13.4. The number of aromatic amines is 1. The summed E-state index contributed by atoms with van der Waals surface area (Å²) in [5.74, 6) is -2.13. The number of nitrogens with one attached hydrogen (secondary N) is 4. The van der Waals surface area contributed by atoms with E-state index in [0.717, 1.165) is 18.0 Å². The van der Waals surface area contributed by atoms with Crippen molar-refractivity contribution in [2.45, 2.75) is 32.4 Å². The number of hydrogen-bond donors (Lipinski definition) is 4. The number of aromatic nitrogens is 4. The van der Waals surface area contributed by atoms with Crippen molar-refractivity contribution in [3.8, 4) is 0 Å². The van der Waals surface area contributed by atoms with Crippen LogP contribution in [-0.2, 0) is 11.2 Å². The second kappa shape index (κ2) is 13.4. The van der Waals surface area contributed by atoms with Gasteiger partial charge in [0.15, 0.2) is 5.69 Å². The first-order chi connectivity index (χ1) is 21.2. The summed E-state index contributed by atoms with van der Waals surface area (Å²) in [5, 5.41) is 10.6. The van der Waals surface area contributed by atoms with Crippen molar-refractivity contribution >= 4 is 35.0 Å². The van der Waals surface area contributed by atoms with Gasteiger partial charge in [0.05, 0.1) is 18.8 Å². The predicted octanol–water partition coefficient (Wildman–Crippen LogP) is 1.63. The summed E-state index contributed by atoms with van der Waals surface area (Å²) < 4.78 is 5.65. The van der Waals surface area contributed by atoms with Gasteiger partial charge in [0.25, 0.3) is 23.3 Å². The third kappa shape index (κ3) is 7.23. The van der Waals surface area contributed by atoms with Crippen LogP contribution in [0.25, 0.3) is 0 Å². The summed E-state index contributed by atoms with van der Waals surface area (Å²) in [6.45, 7) is 3.35. The van der Waals surface area contributed by atoms with E-state index in [2.05, 4.69) is 35.9 Å². The van der Waals surface area contributed by atoms with Gasteiger partial charge in [-0.3, -0.25) is 24.0 Å². The molecule has 1 aliphatic heterocycles. The van der Waals surface area contributed by atoms with Crippen LogP contribution in [0.15, 0.2) is 63.6 Å². The van der Waals surface area contributed by atoms with E-state index in [9.17, 15) is 24.0 Å². The number of carbonyl (C=O) groups excluding carboxylic acids is 4. The van der Waals surface area contributed by atoms with Crippen LogP contribution in [0.1, 0.15) is 73.9 Å². The second-order valence-electron chi connectivity index (χ2n) is 10.4. The van der Waals surface area contributed by atoms with Crippen LogP contribution in [0.2, 0.25) is 0 Å². The lowest BCUT2D eigenvalue weighted by Crippen LogP contribution is -2.46. The Kier molecular flexibility index (Phi) is 9.23. The van der Waals surface area contributed by atoms with Gasteiger partial charge in [0, 0.05) is 31.1 Å². The van der Waals surface area contributed by atoms with Crippen LogP contribution < -0.4 is 21.5 Å². The average molecular weight is 619 g/mol. The zero-order valence-electron chi connectivity index (χ0n) is 23.9. The SMILES string of the molecule is CC(C)[C@@H]1NC(=O)CN(C(=O)c2c[nH]c(=O)cn2)CCNC(=O)c2coc(n2)[C@H](Cc2ccccc2)NC(=O)c2csc1n2. The van der Waals surface area contributed by atoms with Crippen LogP contribution in [0.4, 0.5) is 0 Å². The molecule has 14 nitrogen and oxygen atoms in total. The minimum Gasteiger partial charge on any atom is -0.446 e. The van der Waals surface area contributed by atoms with Gasteiger partial charge in [-0.15, -0.1) is 11.3 Å². The largest absolute Gasteiger partial charge is 0.446 e. The Morgan fingerprint density at radius 3 is 2.59 bits per heavy atom. The van der Waals surface area contributed by atoms with Crippen molar-refractivity contribution < 1.29 is 23.6 Å². The number of oxazole rings is 1. The maximum absolute atomic E-state index is 13.4. The van der Waals surface area contributed by atoms with E-state index in [4.69, 9.17) is 4.42 Å². The third-order valence-electron chi connectivity index (χ3n) is 6.82. The maximum Gasteiger partial charge on any atom is 0.274 e. The van der Waals surface area contributed by atoms with Crippen molar-refractivity contribution in [3.63, 3.8) is 0 Å². The van der Waals surface area contributed by atoms with Gasteiger partial charge < -0.3 is 30.3 Å². The number of amides is 4. The van der Waals surface area contributed by atoms with Gasteiger partial charge in [0.2, 0.25) is 11.8 Å². The molecule has 0 saturated heterocycles. The molecule has 4 amide bonds. The molecular weight excluding hydrogens is 588 g/mol. The fourth-order valence-electron chi connectivity index (χ4n) is 4.54. The van der Waals surface area contributed by atoms with Crippen molar-refractivity contribution in [3.05, 3.63) is 98.3 Å². The Morgan fingerprint density at radius 1 is 1.07 bits per heavy atom. The standard InChI is InChI=1S/C29H30N8O6S/c1-16(2)24-28-35-21(15-44-28)26(41)33-18(10-17-6-4-3-5-7-17)27-34-20(14-43-27)25(40)30-8-9-37(13-23(39)36-24)29(42)19-11-32-22(38)12-31-19/h3-7,11-12,14-16,18,24H,8-10,13H2,1-2H3,(H,30,40)(H,32,38)(H,33,41)(H,36,39)/t18-,24-/m0/s1. The first kappa shape index (κ1) is 30.3. The molecule has 1 aromatic carbocycles. The van der Waals surface area contributed by atoms with E-state index in [-0.39, 0.29) is 48.5 Å². The lowest BCUT2D eigenvalue weighted by molar-refractivity contribution is -0.122. The Morgan fingerprint density at radius 2 is 1.86 bits per heavy atom. The highest BCUT2D eigenvalue weighted by molar-refractivity contribution is 7.09. The molecule has 44 heavy (non-hydrogen) atoms. The molecule has 2 atom stereocenters. The van der Waals surface area contributed by atoms with Gasteiger partial charge in [0.1, 0.15) is 28.7 Å². The molecule has 1 aliphatic rings. The van der Waals surface area contributed by atoms with E-state index in [1.807, 2.05) is 44.2 Å². The number of benzene rings is 1. The highest BCUT2D eigenvalue weighted by Gasteiger charge is 2.28. The third-order valence-corrected chi connectivity index (χ3v) is 7.75. The predicted molar refractivity (Wildman–Crippen MR) is 158 cm³/mol. The van der Waals surface area contributed by atoms with E-state index in [0.29, 0.717) is 11.4 Å². The topological polar surface area (TPSA) is 192 Å². The monoisotopic (exact) mass is 618 g/mol. The molecule has 0 radical (unpaired) electrons. The number of fused-ring (bicyclic) bond motifs is 4. The van der Waals surface area contributed by atoms with Crippen LogP contribution in [0.3, 0.4) is 0 Å². The quantitative estimate of drug-likeness (QED) is 0.263. The summed E-state index contributed by atoms with van der Waals surface area (Å²) in [6, 6.07) is 8.18. The number of nitrogens with zero attached hydrogens (tertiary/aromatic N) is 4. The first-order valence-electron chi connectivity index (χ1n) is 13.8. The molecule has 0 aliphatic carbocycles. The molecule has 4 bridgehead atoms. The van der Waals surface area contributed by atoms with E-state index in [1.165, 1.54) is 22.5 Å². The Labute approximate surface area is 255 Å². The zero-order chi connectivity index (χ0) is 31.2. The van der Waals surface area contributed by atoms with Crippen molar-refractivity contribution in [2.24, 2.45) is 5.92 Å². The molecule has 4 heterocycles. The summed E-state index contributed by atoms with van der Waals surface area (Å²) in [6.07, 6.45) is 3.66. The highest BCUT2D eigenvalue weighted by Crippen LogP contribution is 2.26. The fraction of sp³-hybridized carbons (Fsp3) is 0.310. The molecule has 0 fully saturated rings. The minimum absolute atomic E-state index is 0.0259. The molecule has 228 valence electrons. The van der Waals surface area contributed by atoms with Crippen LogP contribution in [0, 0.1) is 5.92 Å². The highest BCUT2D eigenvalue weighted by atomic mass is 32.1. The van der Waals surface area contributed by atoms with Gasteiger partial charge in [-0.1, -0.05) is 44.2 Å². The Bertz CT molecular complexity index is 1700. The molecule has 4 N–H and O–H groups in total. The second-order valence-corrected chi connectivity index (χ2v) is 11.3. The van der Waals surface area contributed by atoms with Crippen LogP contribution in [0.5, 0.6) is 0 Å². The Balaban J connectivity index is 1.47. The van der Waals surface area contributed by atoms with Crippen molar-refractivity contribution in [1.29, 1.82) is 0 Å². The smallest absolute Gasteiger partial charge is 0.274 e. The number of carbonyl (C=O) groups is 4. The molecule has 3 aromatic heterocycles. The van der Waals surface area contributed by atoms with Crippen molar-refractivity contribution in [2.75, 3.05) is 19.6 Å². The van der Waals surface area contributed by atoms with Gasteiger partial charge in [-0.25, -0.2) is 15.0 Å². The van der Waals surface area contributed by atoms with Crippen LogP contribution >= 0.6 is 11.3 Å². The van der Waals surface area contributed by atoms with Crippen molar-refractivity contribution in [1.82, 2.24) is 40.8 Å². The zero-order valence-corrected chi connectivity index (χ0v) is 24.7. The summed E-state index contributed by atoms with van der Waals surface area (Å²) in [4.78, 5) is 80.6. The fourth-order valence-corrected chi connectivity index (χ4v) is 5.56. The van der Waals surface area contributed by atoms with Gasteiger partial charge in [-0.05, 0) is 11.5 Å². The molecular formula is C29H30N8O6S. The minimum atomic E-state index is -0.714. The Hall–Kier alpha value is -5.18. The molecule has 15 heteroatoms. The van der Waals surface area contributed by atoms with E-state index in [1.54, 1.807) is 5.38 Å². The lowest BCUT2D eigenvalue weighted by atomic mass is 10.0. The molecule has 5 rings (SSSR count). The molecule has 0 saturated carbocycles. The molecule has 0 unspecified atom stereocenters. The van der Waals surface area contributed by atoms with Gasteiger partial charge >= 0.3 is 0 Å². The summed E-state index contributed by atoms with van der Waals surface area (Å²) in [5.41, 5.74) is 0.469. The first-order valence-corrected chi connectivity index (χ1v) is 14.7. The van der Waals surface area contributed by atoms with E-state index < -0.39 is 41.3 Å². The number of hydrogen-bond acceptors (Lipinski definition) is 10. The number of thiazole rings is 1. The average Bonchev–Trinajstić information content (AvgIpc) is 3.70.